The Morgan fingerprint density at radius 2 is 1.39 bits per heavy atom. The van der Waals surface area contributed by atoms with Crippen molar-refractivity contribution in [2.75, 3.05) is 13.2 Å². The molecule has 0 N–H and O–H groups in total. The zero-order valence-corrected chi connectivity index (χ0v) is 13.5. The topological polar surface area (TPSA) is 65.5 Å². The molecular formula is C18H19NO4. The van der Waals surface area contributed by atoms with E-state index in [0.717, 1.165) is 11.1 Å². The molecule has 5 heteroatoms. The molecule has 0 aliphatic heterocycles. The van der Waals surface area contributed by atoms with Gasteiger partial charge in [-0.15, -0.1) is 0 Å². The summed E-state index contributed by atoms with van der Waals surface area (Å²) in [4.78, 5) is 28.4. The summed E-state index contributed by atoms with van der Waals surface area (Å²) in [6, 6.07) is 7.55. The largest absolute Gasteiger partial charge is 0.462 e. The van der Waals surface area contributed by atoms with Gasteiger partial charge in [-0.05, 0) is 26.3 Å². The van der Waals surface area contributed by atoms with E-state index >= 15 is 0 Å². The van der Waals surface area contributed by atoms with Crippen LogP contribution in [0.5, 0.6) is 0 Å². The molecule has 0 spiro atoms. The van der Waals surface area contributed by atoms with Crippen molar-refractivity contribution in [1.29, 1.82) is 0 Å². The Morgan fingerprint density at radius 1 is 0.913 bits per heavy atom. The average molecular weight is 313 g/mol. The number of esters is 2. The molecule has 0 bridgehead atoms. The zero-order valence-electron chi connectivity index (χ0n) is 13.5. The fourth-order valence-corrected chi connectivity index (χ4v) is 2.22. The van der Waals surface area contributed by atoms with Crippen molar-refractivity contribution in [2.24, 2.45) is 0 Å². The maximum absolute atomic E-state index is 12.2. The maximum Gasteiger partial charge on any atom is 0.340 e. The number of rotatable bonds is 5. The first-order valence-electron chi connectivity index (χ1n) is 7.47. The van der Waals surface area contributed by atoms with Crippen LogP contribution in [0.1, 0.15) is 40.1 Å². The highest BCUT2D eigenvalue weighted by Crippen LogP contribution is 2.28. The Bertz CT molecular complexity index is 671. The van der Waals surface area contributed by atoms with Crippen molar-refractivity contribution in [2.45, 2.75) is 20.8 Å². The van der Waals surface area contributed by atoms with E-state index in [1.807, 2.05) is 31.2 Å². The van der Waals surface area contributed by atoms with Gasteiger partial charge in [-0.2, -0.15) is 0 Å². The monoisotopic (exact) mass is 313 g/mol. The van der Waals surface area contributed by atoms with Crippen molar-refractivity contribution in [1.82, 2.24) is 4.98 Å². The van der Waals surface area contributed by atoms with E-state index in [1.54, 1.807) is 13.8 Å². The van der Waals surface area contributed by atoms with Crippen molar-refractivity contribution < 1.29 is 19.1 Å². The molecular weight excluding hydrogens is 294 g/mol. The Kier molecular flexibility index (Phi) is 5.46. The SMILES string of the molecule is CCOC(=O)c1cncc(C(=O)OCC)c1-c1ccc(C)cc1. The molecule has 0 aliphatic rings. The van der Waals surface area contributed by atoms with Gasteiger partial charge in [-0.25, -0.2) is 9.59 Å². The molecule has 0 saturated heterocycles. The molecule has 2 aromatic rings. The van der Waals surface area contributed by atoms with E-state index in [0.29, 0.717) is 5.56 Å². The highest BCUT2D eigenvalue weighted by atomic mass is 16.5. The van der Waals surface area contributed by atoms with Gasteiger partial charge in [-0.1, -0.05) is 29.8 Å². The van der Waals surface area contributed by atoms with Crippen LogP contribution < -0.4 is 0 Å². The number of hydrogen-bond acceptors (Lipinski definition) is 5. The Hall–Kier alpha value is -2.69. The standard InChI is InChI=1S/C18H19NO4/c1-4-22-17(20)14-10-19-11-15(18(21)23-5-2)16(14)13-8-6-12(3)7-9-13/h6-11H,4-5H2,1-3H3. The van der Waals surface area contributed by atoms with Crippen LogP contribution in [-0.2, 0) is 9.47 Å². The number of pyridine rings is 1. The van der Waals surface area contributed by atoms with Gasteiger partial charge < -0.3 is 9.47 Å². The molecule has 0 fully saturated rings. The molecule has 0 amide bonds. The Balaban J connectivity index is 2.63. The lowest BCUT2D eigenvalue weighted by Gasteiger charge is -2.13. The van der Waals surface area contributed by atoms with E-state index in [-0.39, 0.29) is 24.3 Å². The highest BCUT2D eigenvalue weighted by molar-refractivity contribution is 6.05. The van der Waals surface area contributed by atoms with E-state index in [4.69, 9.17) is 9.47 Å². The van der Waals surface area contributed by atoms with Gasteiger partial charge in [0.05, 0.1) is 24.3 Å². The molecule has 1 aromatic heterocycles. The second-order valence-electron chi connectivity index (χ2n) is 4.92. The van der Waals surface area contributed by atoms with Crippen LogP contribution in [-0.4, -0.2) is 30.1 Å². The highest BCUT2D eigenvalue weighted by Gasteiger charge is 2.22. The van der Waals surface area contributed by atoms with Crippen LogP contribution in [0.2, 0.25) is 0 Å². The third-order valence-corrected chi connectivity index (χ3v) is 3.28. The molecule has 1 aromatic carbocycles. The van der Waals surface area contributed by atoms with Gasteiger partial charge in [0.25, 0.3) is 0 Å². The lowest BCUT2D eigenvalue weighted by molar-refractivity contribution is 0.0526. The predicted octanol–water partition coefficient (Wildman–Crippen LogP) is 3.41. The molecule has 0 saturated carbocycles. The van der Waals surface area contributed by atoms with Crippen LogP contribution in [0.4, 0.5) is 0 Å². The predicted molar refractivity (Wildman–Crippen MR) is 86.3 cm³/mol. The van der Waals surface area contributed by atoms with Gasteiger partial charge in [-0.3, -0.25) is 4.98 Å². The third kappa shape index (κ3) is 3.74. The van der Waals surface area contributed by atoms with Gasteiger partial charge in [0.1, 0.15) is 0 Å². The molecule has 0 radical (unpaired) electrons. The average Bonchev–Trinajstić information content (AvgIpc) is 2.55. The first-order valence-corrected chi connectivity index (χ1v) is 7.47. The molecule has 2 rings (SSSR count). The summed E-state index contributed by atoms with van der Waals surface area (Å²) in [5.41, 5.74) is 2.81. The minimum absolute atomic E-state index is 0.246. The number of aryl methyl sites for hydroxylation is 1. The Labute approximate surface area is 135 Å². The van der Waals surface area contributed by atoms with E-state index in [9.17, 15) is 9.59 Å². The van der Waals surface area contributed by atoms with E-state index in [1.165, 1.54) is 12.4 Å². The molecule has 1 heterocycles. The molecule has 0 aliphatic carbocycles. The van der Waals surface area contributed by atoms with Gasteiger partial charge in [0, 0.05) is 18.0 Å². The number of carbonyl (C=O) groups is 2. The lowest BCUT2D eigenvalue weighted by Crippen LogP contribution is -2.13. The fraction of sp³-hybridized carbons (Fsp3) is 0.278. The van der Waals surface area contributed by atoms with Crippen molar-refractivity contribution in [3.63, 3.8) is 0 Å². The minimum Gasteiger partial charge on any atom is -0.462 e. The zero-order chi connectivity index (χ0) is 16.8. The summed E-state index contributed by atoms with van der Waals surface area (Å²) in [7, 11) is 0. The summed E-state index contributed by atoms with van der Waals surface area (Å²) in [5, 5.41) is 0. The van der Waals surface area contributed by atoms with Gasteiger partial charge in [0.15, 0.2) is 0 Å². The van der Waals surface area contributed by atoms with Crippen molar-refractivity contribution in [3.8, 4) is 11.1 Å². The number of hydrogen-bond donors (Lipinski definition) is 0. The van der Waals surface area contributed by atoms with Gasteiger partial charge >= 0.3 is 11.9 Å². The number of aromatic nitrogens is 1. The second-order valence-corrected chi connectivity index (χ2v) is 4.92. The summed E-state index contributed by atoms with van der Waals surface area (Å²) >= 11 is 0. The van der Waals surface area contributed by atoms with Crippen molar-refractivity contribution >= 4 is 11.9 Å². The smallest absolute Gasteiger partial charge is 0.340 e. The number of ether oxygens (including phenoxy) is 2. The van der Waals surface area contributed by atoms with Crippen molar-refractivity contribution in [3.05, 3.63) is 53.3 Å². The first-order chi connectivity index (χ1) is 11.1. The van der Waals surface area contributed by atoms with E-state index in [2.05, 4.69) is 4.98 Å². The van der Waals surface area contributed by atoms with Crippen LogP contribution in [0.3, 0.4) is 0 Å². The molecule has 120 valence electrons. The lowest BCUT2D eigenvalue weighted by atomic mass is 9.96. The van der Waals surface area contributed by atoms with Crippen LogP contribution in [0.15, 0.2) is 36.7 Å². The van der Waals surface area contributed by atoms with Crippen LogP contribution in [0, 0.1) is 6.92 Å². The summed E-state index contributed by atoms with van der Waals surface area (Å²) < 4.78 is 10.2. The summed E-state index contributed by atoms with van der Waals surface area (Å²) in [5.74, 6) is -1.02. The first kappa shape index (κ1) is 16.7. The van der Waals surface area contributed by atoms with E-state index < -0.39 is 11.9 Å². The number of nitrogens with zero attached hydrogens (tertiary/aromatic N) is 1. The number of benzene rings is 1. The molecule has 23 heavy (non-hydrogen) atoms. The fourth-order valence-electron chi connectivity index (χ4n) is 2.22. The summed E-state index contributed by atoms with van der Waals surface area (Å²) in [6.07, 6.45) is 2.83. The molecule has 0 unspecified atom stereocenters. The molecule has 5 nitrogen and oxygen atoms in total. The summed E-state index contributed by atoms with van der Waals surface area (Å²) in [6.45, 7) is 5.92. The number of carbonyl (C=O) groups excluding carboxylic acids is 2. The third-order valence-electron chi connectivity index (χ3n) is 3.28. The van der Waals surface area contributed by atoms with Crippen LogP contribution in [0.25, 0.3) is 11.1 Å². The van der Waals surface area contributed by atoms with Gasteiger partial charge in [0.2, 0.25) is 0 Å². The maximum atomic E-state index is 12.2. The van der Waals surface area contributed by atoms with Crippen LogP contribution >= 0.6 is 0 Å². The quantitative estimate of drug-likeness (QED) is 0.791. The Morgan fingerprint density at radius 3 is 1.83 bits per heavy atom. The normalized spacial score (nSPS) is 10.2. The minimum atomic E-state index is -0.512. The molecule has 0 atom stereocenters. The second kappa shape index (κ2) is 7.54.